The quantitative estimate of drug-likeness (QED) is 0.522. The summed E-state index contributed by atoms with van der Waals surface area (Å²) in [5.74, 6) is -0.281. The summed E-state index contributed by atoms with van der Waals surface area (Å²) in [5, 5.41) is 0.375. The Kier molecular flexibility index (Phi) is 3.65. The molecule has 0 saturated carbocycles. The van der Waals surface area contributed by atoms with E-state index in [1.54, 1.807) is 18.2 Å². The van der Waals surface area contributed by atoms with Crippen molar-refractivity contribution in [3.63, 3.8) is 0 Å². The number of nitrogens with zero attached hydrogens (tertiary/aromatic N) is 1. The van der Waals surface area contributed by atoms with Gasteiger partial charge in [-0.15, -0.1) is 6.58 Å². The zero-order valence-corrected chi connectivity index (χ0v) is 7.76. The van der Waals surface area contributed by atoms with Crippen LogP contribution in [0.3, 0.4) is 0 Å². The summed E-state index contributed by atoms with van der Waals surface area (Å²) >= 11 is 5.82. The predicted octanol–water partition coefficient (Wildman–Crippen LogP) is 3.00. The van der Waals surface area contributed by atoms with E-state index in [2.05, 4.69) is 11.6 Å². The van der Waals surface area contributed by atoms with Crippen molar-refractivity contribution in [3.05, 3.63) is 48.3 Å². The van der Waals surface area contributed by atoms with Crippen molar-refractivity contribution >= 4 is 16.8 Å². The van der Waals surface area contributed by atoms with Gasteiger partial charge in [-0.2, -0.15) is 0 Å². The van der Waals surface area contributed by atoms with E-state index in [1.807, 2.05) is 0 Å². The average Bonchev–Trinajstić information content (AvgIpc) is 2.15. The molecule has 68 valence electrons. The minimum absolute atomic E-state index is 0.281. The molecule has 0 heterocycles. The topological polar surface area (TPSA) is 12.4 Å². The van der Waals surface area contributed by atoms with Crippen molar-refractivity contribution in [1.82, 2.24) is 0 Å². The van der Waals surface area contributed by atoms with Crippen LogP contribution in [-0.2, 0) is 0 Å². The van der Waals surface area contributed by atoms with Crippen LogP contribution in [0.1, 0.15) is 5.56 Å². The monoisotopic (exact) mass is 197 g/mol. The molecule has 0 radical (unpaired) electrons. The molecule has 1 aromatic carbocycles. The van der Waals surface area contributed by atoms with Gasteiger partial charge in [-0.05, 0) is 24.3 Å². The van der Waals surface area contributed by atoms with E-state index < -0.39 is 0 Å². The Bertz CT molecular complexity index is 316. The van der Waals surface area contributed by atoms with E-state index in [1.165, 1.54) is 12.1 Å². The van der Waals surface area contributed by atoms with E-state index in [4.69, 9.17) is 11.6 Å². The van der Waals surface area contributed by atoms with Gasteiger partial charge in [0.1, 0.15) is 11.0 Å². The van der Waals surface area contributed by atoms with Crippen LogP contribution in [0, 0.1) is 5.82 Å². The first-order chi connectivity index (χ1) is 6.24. The molecule has 0 aliphatic heterocycles. The van der Waals surface area contributed by atoms with Crippen LogP contribution < -0.4 is 0 Å². The number of aliphatic imine (C=N–C) groups is 1. The van der Waals surface area contributed by atoms with E-state index in [-0.39, 0.29) is 5.82 Å². The SMILES string of the molecule is C=CC/N=C(\Cl)c1ccc(F)cc1. The summed E-state index contributed by atoms with van der Waals surface area (Å²) in [4.78, 5) is 3.98. The fourth-order valence-electron chi connectivity index (χ4n) is 0.823. The van der Waals surface area contributed by atoms with Crippen LogP contribution in [0.2, 0.25) is 0 Å². The molecule has 0 fully saturated rings. The standard InChI is InChI=1S/C10H9ClFN/c1-2-7-13-10(11)8-3-5-9(12)6-4-8/h2-6H,1,7H2/b13-10-. The summed E-state index contributed by atoms with van der Waals surface area (Å²) in [6, 6.07) is 5.87. The average molecular weight is 198 g/mol. The second-order valence-electron chi connectivity index (χ2n) is 2.43. The predicted molar refractivity (Wildman–Crippen MR) is 53.9 cm³/mol. The maximum Gasteiger partial charge on any atom is 0.131 e. The number of benzene rings is 1. The highest BCUT2D eigenvalue weighted by atomic mass is 35.5. The zero-order valence-electron chi connectivity index (χ0n) is 7.00. The highest BCUT2D eigenvalue weighted by Crippen LogP contribution is 2.06. The second-order valence-corrected chi connectivity index (χ2v) is 2.79. The lowest BCUT2D eigenvalue weighted by Gasteiger charge is -1.96. The van der Waals surface area contributed by atoms with Crippen LogP contribution in [0.15, 0.2) is 41.9 Å². The van der Waals surface area contributed by atoms with E-state index in [9.17, 15) is 4.39 Å². The van der Waals surface area contributed by atoms with Gasteiger partial charge in [-0.25, -0.2) is 4.39 Å². The Hall–Kier alpha value is -1.15. The van der Waals surface area contributed by atoms with Gasteiger partial charge in [-0.3, -0.25) is 4.99 Å². The smallest absolute Gasteiger partial charge is 0.131 e. The molecule has 0 N–H and O–H groups in total. The van der Waals surface area contributed by atoms with Crippen molar-refractivity contribution < 1.29 is 4.39 Å². The molecule has 1 rings (SSSR count). The minimum atomic E-state index is -0.281. The van der Waals surface area contributed by atoms with Gasteiger partial charge in [0.2, 0.25) is 0 Å². The molecular weight excluding hydrogens is 189 g/mol. The molecule has 0 amide bonds. The normalized spacial score (nSPS) is 11.4. The van der Waals surface area contributed by atoms with Crippen LogP contribution in [0.4, 0.5) is 4.39 Å². The Morgan fingerprint density at radius 3 is 2.62 bits per heavy atom. The Morgan fingerprint density at radius 2 is 2.08 bits per heavy atom. The Morgan fingerprint density at radius 1 is 1.46 bits per heavy atom. The van der Waals surface area contributed by atoms with Gasteiger partial charge in [0, 0.05) is 5.56 Å². The van der Waals surface area contributed by atoms with E-state index in [0.29, 0.717) is 17.3 Å². The van der Waals surface area contributed by atoms with Crippen molar-refractivity contribution in [3.8, 4) is 0 Å². The first kappa shape index (κ1) is 9.93. The molecule has 13 heavy (non-hydrogen) atoms. The summed E-state index contributed by atoms with van der Waals surface area (Å²) in [6.07, 6.45) is 1.64. The molecule has 1 nitrogen and oxygen atoms in total. The number of hydrogen-bond acceptors (Lipinski definition) is 1. The van der Waals surface area contributed by atoms with Gasteiger partial charge in [0.15, 0.2) is 0 Å². The molecule has 3 heteroatoms. The molecule has 0 unspecified atom stereocenters. The summed E-state index contributed by atoms with van der Waals surface area (Å²) in [7, 11) is 0. The van der Waals surface area contributed by atoms with Crippen LogP contribution in [0.5, 0.6) is 0 Å². The molecule has 0 bridgehead atoms. The van der Waals surface area contributed by atoms with Crippen LogP contribution in [-0.4, -0.2) is 11.7 Å². The van der Waals surface area contributed by atoms with Crippen LogP contribution in [0.25, 0.3) is 0 Å². The summed E-state index contributed by atoms with van der Waals surface area (Å²) in [6.45, 7) is 3.98. The van der Waals surface area contributed by atoms with Crippen LogP contribution >= 0.6 is 11.6 Å². The molecule has 0 aliphatic carbocycles. The van der Waals surface area contributed by atoms with Gasteiger partial charge < -0.3 is 0 Å². The Labute approximate surface area is 81.6 Å². The second kappa shape index (κ2) is 4.77. The molecule has 0 aliphatic rings. The molecule has 0 saturated heterocycles. The largest absolute Gasteiger partial charge is 0.268 e. The lowest BCUT2D eigenvalue weighted by Crippen LogP contribution is -1.92. The number of rotatable bonds is 3. The van der Waals surface area contributed by atoms with Gasteiger partial charge >= 0.3 is 0 Å². The Balaban J connectivity index is 2.82. The van der Waals surface area contributed by atoms with Crippen molar-refractivity contribution in [2.45, 2.75) is 0 Å². The minimum Gasteiger partial charge on any atom is -0.268 e. The fraction of sp³-hybridized carbons (Fsp3) is 0.100. The highest BCUT2D eigenvalue weighted by molar-refractivity contribution is 6.69. The lowest BCUT2D eigenvalue weighted by atomic mass is 10.2. The van der Waals surface area contributed by atoms with Gasteiger partial charge in [-0.1, -0.05) is 17.7 Å². The van der Waals surface area contributed by atoms with Gasteiger partial charge in [0.05, 0.1) is 6.54 Å². The first-order valence-corrected chi connectivity index (χ1v) is 4.18. The maximum absolute atomic E-state index is 12.5. The maximum atomic E-state index is 12.5. The molecule has 0 spiro atoms. The lowest BCUT2D eigenvalue weighted by molar-refractivity contribution is 0.628. The van der Waals surface area contributed by atoms with E-state index in [0.717, 1.165) is 0 Å². The number of hydrogen-bond donors (Lipinski definition) is 0. The molecule has 0 atom stereocenters. The molecule has 0 aromatic heterocycles. The van der Waals surface area contributed by atoms with E-state index >= 15 is 0 Å². The molecular formula is C10H9ClFN. The third-order valence-electron chi connectivity index (χ3n) is 1.44. The molecule has 1 aromatic rings. The van der Waals surface area contributed by atoms with Crippen molar-refractivity contribution in [2.75, 3.05) is 6.54 Å². The van der Waals surface area contributed by atoms with Gasteiger partial charge in [0.25, 0.3) is 0 Å². The fourth-order valence-corrected chi connectivity index (χ4v) is 1.02. The van der Waals surface area contributed by atoms with Crippen molar-refractivity contribution in [1.29, 1.82) is 0 Å². The summed E-state index contributed by atoms with van der Waals surface area (Å²) in [5.41, 5.74) is 0.713. The summed E-state index contributed by atoms with van der Waals surface area (Å²) < 4.78 is 12.5. The first-order valence-electron chi connectivity index (χ1n) is 3.81. The third-order valence-corrected chi connectivity index (χ3v) is 1.78. The third kappa shape index (κ3) is 2.99. The number of halogens is 2. The van der Waals surface area contributed by atoms with Crippen molar-refractivity contribution in [2.24, 2.45) is 4.99 Å². The zero-order chi connectivity index (χ0) is 9.68. The highest BCUT2D eigenvalue weighted by Gasteiger charge is 1.98.